The third-order valence-electron chi connectivity index (χ3n) is 4.77. The molecule has 2 heterocycles. The van der Waals surface area contributed by atoms with Crippen LogP contribution in [0.1, 0.15) is 0 Å². The van der Waals surface area contributed by atoms with E-state index in [1.807, 2.05) is 48.5 Å². The Balaban J connectivity index is 1.63. The average molecular weight is 428 g/mol. The van der Waals surface area contributed by atoms with E-state index >= 15 is 0 Å². The Morgan fingerprint density at radius 1 is 0.963 bits per heavy atom. The maximum atomic E-state index is 9.12. The predicted octanol–water partition coefficient (Wildman–Crippen LogP) is 3.25. The van der Waals surface area contributed by atoms with Crippen LogP contribution in [-0.2, 0) is 0 Å². The zero-order chi connectivity index (χ0) is 18.6. The van der Waals surface area contributed by atoms with Crippen molar-refractivity contribution in [3.8, 4) is 0 Å². The molecule has 0 atom stereocenters. The maximum absolute atomic E-state index is 9.12. The second-order valence-electron chi connectivity index (χ2n) is 6.57. The van der Waals surface area contributed by atoms with Crippen molar-refractivity contribution in [3.05, 3.63) is 53.0 Å². The second kappa shape index (κ2) is 8.21. The number of para-hydroxylation sites is 1. The summed E-state index contributed by atoms with van der Waals surface area (Å²) in [6.07, 6.45) is 0. The van der Waals surface area contributed by atoms with Crippen LogP contribution >= 0.6 is 15.9 Å². The van der Waals surface area contributed by atoms with Gasteiger partial charge in [0.15, 0.2) is 0 Å². The Morgan fingerprint density at radius 2 is 1.70 bits per heavy atom. The molecule has 0 radical (unpaired) electrons. The van der Waals surface area contributed by atoms with Crippen molar-refractivity contribution < 1.29 is 5.11 Å². The molecule has 0 spiro atoms. The number of nitrogens with zero attached hydrogens (tertiary/aromatic N) is 4. The molecule has 0 aliphatic carbocycles. The van der Waals surface area contributed by atoms with Gasteiger partial charge in [0.2, 0.25) is 5.95 Å². The fourth-order valence-electron chi connectivity index (χ4n) is 3.28. The van der Waals surface area contributed by atoms with Gasteiger partial charge >= 0.3 is 0 Å². The number of halogens is 1. The van der Waals surface area contributed by atoms with Gasteiger partial charge in [-0.2, -0.15) is 4.98 Å². The van der Waals surface area contributed by atoms with Crippen molar-refractivity contribution in [3.63, 3.8) is 0 Å². The fourth-order valence-corrected chi connectivity index (χ4v) is 3.55. The molecule has 0 amide bonds. The lowest BCUT2D eigenvalue weighted by molar-refractivity contribution is 0.188. The quantitative estimate of drug-likeness (QED) is 0.651. The number of aromatic nitrogens is 2. The topological polar surface area (TPSA) is 64.5 Å². The summed E-state index contributed by atoms with van der Waals surface area (Å²) in [5, 5.41) is 13.6. The lowest BCUT2D eigenvalue weighted by Gasteiger charge is -2.34. The van der Waals surface area contributed by atoms with Crippen molar-refractivity contribution in [1.29, 1.82) is 0 Å². The molecule has 1 aromatic heterocycles. The van der Waals surface area contributed by atoms with E-state index in [9.17, 15) is 0 Å². The molecule has 1 fully saturated rings. The minimum Gasteiger partial charge on any atom is -0.395 e. The number of piperazine rings is 1. The first kappa shape index (κ1) is 18.2. The predicted molar refractivity (Wildman–Crippen MR) is 113 cm³/mol. The van der Waals surface area contributed by atoms with Crippen LogP contribution in [0.5, 0.6) is 0 Å². The third-order valence-corrected chi connectivity index (χ3v) is 5.30. The summed E-state index contributed by atoms with van der Waals surface area (Å²) in [7, 11) is 0. The van der Waals surface area contributed by atoms with Crippen LogP contribution in [0.4, 0.5) is 17.5 Å². The van der Waals surface area contributed by atoms with Crippen LogP contribution in [-0.4, -0.2) is 59.3 Å². The number of benzene rings is 2. The number of hydrogen-bond donors (Lipinski definition) is 2. The molecule has 0 saturated carbocycles. The van der Waals surface area contributed by atoms with Crippen molar-refractivity contribution in [2.45, 2.75) is 0 Å². The summed E-state index contributed by atoms with van der Waals surface area (Å²) in [5.74, 6) is 1.56. The lowest BCUT2D eigenvalue weighted by Crippen LogP contribution is -2.47. The molecule has 140 valence electrons. The smallest absolute Gasteiger partial charge is 0.227 e. The largest absolute Gasteiger partial charge is 0.395 e. The van der Waals surface area contributed by atoms with Gasteiger partial charge in [0.1, 0.15) is 5.82 Å². The number of fused-ring (bicyclic) bond motifs is 1. The van der Waals surface area contributed by atoms with Gasteiger partial charge in [-0.25, -0.2) is 4.98 Å². The van der Waals surface area contributed by atoms with Gasteiger partial charge < -0.3 is 15.3 Å². The van der Waals surface area contributed by atoms with Gasteiger partial charge in [-0.3, -0.25) is 4.90 Å². The number of aliphatic hydroxyl groups excluding tert-OH is 1. The molecule has 27 heavy (non-hydrogen) atoms. The first-order chi connectivity index (χ1) is 13.2. The average Bonchev–Trinajstić information content (AvgIpc) is 2.70. The number of aliphatic hydroxyl groups is 1. The Morgan fingerprint density at radius 3 is 2.44 bits per heavy atom. The highest BCUT2D eigenvalue weighted by Gasteiger charge is 2.20. The van der Waals surface area contributed by atoms with Crippen molar-refractivity contribution in [1.82, 2.24) is 14.9 Å². The van der Waals surface area contributed by atoms with E-state index < -0.39 is 0 Å². The fraction of sp³-hybridized carbons (Fsp3) is 0.300. The van der Waals surface area contributed by atoms with E-state index in [1.54, 1.807) is 0 Å². The zero-order valence-electron chi connectivity index (χ0n) is 15.0. The van der Waals surface area contributed by atoms with E-state index in [-0.39, 0.29) is 6.61 Å². The Bertz CT molecular complexity index is 910. The van der Waals surface area contributed by atoms with Crippen molar-refractivity contribution in [2.75, 3.05) is 49.5 Å². The van der Waals surface area contributed by atoms with Crippen LogP contribution in [0, 0.1) is 0 Å². The van der Waals surface area contributed by atoms with E-state index in [0.29, 0.717) is 0 Å². The van der Waals surface area contributed by atoms with Gasteiger partial charge in [0.05, 0.1) is 12.1 Å². The zero-order valence-corrected chi connectivity index (χ0v) is 16.6. The highest BCUT2D eigenvalue weighted by Crippen LogP contribution is 2.27. The van der Waals surface area contributed by atoms with Gasteiger partial charge in [-0.15, -0.1) is 0 Å². The SMILES string of the molecule is OCCN1CCN(c2nc(Nc3ccc(Br)cc3)c3ccccc3n2)CC1. The molecule has 1 aliphatic heterocycles. The highest BCUT2D eigenvalue weighted by molar-refractivity contribution is 9.10. The molecule has 2 aromatic carbocycles. The maximum Gasteiger partial charge on any atom is 0.227 e. The molecule has 7 heteroatoms. The summed E-state index contributed by atoms with van der Waals surface area (Å²) < 4.78 is 1.04. The summed E-state index contributed by atoms with van der Waals surface area (Å²) in [4.78, 5) is 14.1. The summed E-state index contributed by atoms with van der Waals surface area (Å²) >= 11 is 3.47. The van der Waals surface area contributed by atoms with Gasteiger partial charge in [0, 0.05) is 48.3 Å². The molecular formula is C20H22BrN5O. The summed E-state index contributed by atoms with van der Waals surface area (Å²) in [6.45, 7) is 4.46. The van der Waals surface area contributed by atoms with Crippen molar-refractivity contribution >= 4 is 44.3 Å². The van der Waals surface area contributed by atoms with Crippen LogP contribution in [0.2, 0.25) is 0 Å². The molecule has 2 N–H and O–H groups in total. The molecule has 6 nitrogen and oxygen atoms in total. The van der Waals surface area contributed by atoms with Gasteiger partial charge in [-0.05, 0) is 36.4 Å². The monoisotopic (exact) mass is 427 g/mol. The van der Waals surface area contributed by atoms with E-state index in [1.165, 1.54) is 0 Å². The highest BCUT2D eigenvalue weighted by atomic mass is 79.9. The lowest BCUT2D eigenvalue weighted by atomic mass is 10.2. The minimum atomic E-state index is 0.202. The Labute approximate surface area is 167 Å². The summed E-state index contributed by atoms with van der Waals surface area (Å²) in [5.41, 5.74) is 1.92. The molecule has 1 aliphatic rings. The van der Waals surface area contributed by atoms with Crippen LogP contribution in [0.3, 0.4) is 0 Å². The minimum absolute atomic E-state index is 0.202. The second-order valence-corrected chi connectivity index (χ2v) is 7.49. The molecule has 1 saturated heterocycles. The summed E-state index contributed by atoms with van der Waals surface area (Å²) in [6, 6.07) is 16.1. The number of β-amino-alcohol motifs (C(OH)–C–C–N with tert-alkyl or cyclic N) is 1. The number of hydrogen-bond acceptors (Lipinski definition) is 6. The number of nitrogens with one attached hydrogen (secondary N) is 1. The normalized spacial score (nSPS) is 15.3. The van der Waals surface area contributed by atoms with Gasteiger partial charge in [-0.1, -0.05) is 28.1 Å². The van der Waals surface area contributed by atoms with Crippen LogP contribution < -0.4 is 10.2 Å². The first-order valence-electron chi connectivity index (χ1n) is 9.10. The Hall–Kier alpha value is -2.22. The molecule has 0 bridgehead atoms. The van der Waals surface area contributed by atoms with Gasteiger partial charge in [0.25, 0.3) is 0 Å². The van der Waals surface area contributed by atoms with Crippen molar-refractivity contribution in [2.24, 2.45) is 0 Å². The van der Waals surface area contributed by atoms with E-state index in [2.05, 4.69) is 31.0 Å². The Kier molecular flexibility index (Phi) is 5.52. The van der Waals surface area contributed by atoms with Crippen LogP contribution in [0.25, 0.3) is 10.9 Å². The standard InChI is InChI=1S/C20H22BrN5O/c21-15-5-7-16(8-6-15)22-19-17-3-1-2-4-18(17)23-20(24-19)26-11-9-25(10-12-26)13-14-27/h1-8,27H,9-14H2,(H,22,23,24). The van der Waals surface area contributed by atoms with E-state index in [0.717, 1.165) is 65.6 Å². The molecule has 0 unspecified atom stereocenters. The van der Waals surface area contributed by atoms with E-state index in [4.69, 9.17) is 15.1 Å². The molecule has 3 aromatic rings. The third kappa shape index (κ3) is 4.21. The molecular weight excluding hydrogens is 406 g/mol. The van der Waals surface area contributed by atoms with Crippen LogP contribution in [0.15, 0.2) is 53.0 Å². The molecule has 4 rings (SSSR count). The number of anilines is 3. The first-order valence-corrected chi connectivity index (χ1v) is 9.90. The number of rotatable bonds is 5.